The fraction of sp³-hybridized carbons (Fsp3) is 0.130. The summed E-state index contributed by atoms with van der Waals surface area (Å²) in [7, 11) is 3.47. The molecule has 0 aliphatic carbocycles. The lowest BCUT2D eigenvalue weighted by Gasteiger charge is -2.15. The van der Waals surface area contributed by atoms with Crippen molar-refractivity contribution in [3.05, 3.63) is 87.5 Å². The van der Waals surface area contributed by atoms with Crippen LogP contribution in [0.2, 0.25) is 0 Å². The SMILES string of the molecule is Cc1c(N2C(=O)/C(=C/c3ccc(C#N)cc3)N(C)C2=S)c(=O)n(-c2ccccc2)n1C. The lowest BCUT2D eigenvalue weighted by Crippen LogP contribution is -2.35. The number of para-hydroxylation sites is 1. The molecule has 0 saturated carbocycles. The summed E-state index contributed by atoms with van der Waals surface area (Å²) in [5.74, 6) is -0.372. The van der Waals surface area contributed by atoms with Gasteiger partial charge in [0.2, 0.25) is 0 Å². The predicted molar refractivity (Wildman–Crippen MR) is 123 cm³/mol. The van der Waals surface area contributed by atoms with Crippen molar-refractivity contribution in [2.24, 2.45) is 7.05 Å². The van der Waals surface area contributed by atoms with Gasteiger partial charge in [0, 0.05) is 14.1 Å². The largest absolute Gasteiger partial charge is 0.317 e. The summed E-state index contributed by atoms with van der Waals surface area (Å²) in [4.78, 5) is 29.6. The number of nitriles is 1. The van der Waals surface area contributed by atoms with Gasteiger partial charge in [-0.05, 0) is 55.0 Å². The van der Waals surface area contributed by atoms with Crippen LogP contribution < -0.4 is 10.5 Å². The Bertz CT molecular complexity index is 1330. The number of aromatic nitrogens is 2. The van der Waals surface area contributed by atoms with Gasteiger partial charge in [0.1, 0.15) is 11.4 Å². The molecule has 1 saturated heterocycles. The minimum atomic E-state index is -0.372. The van der Waals surface area contributed by atoms with Crippen molar-refractivity contribution >= 4 is 35.0 Å². The summed E-state index contributed by atoms with van der Waals surface area (Å²) in [6.45, 7) is 1.79. The molecule has 31 heavy (non-hydrogen) atoms. The molecule has 1 amide bonds. The van der Waals surface area contributed by atoms with E-state index in [1.54, 1.807) is 60.9 Å². The third-order valence-electron chi connectivity index (χ3n) is 5.35. The molecule has 8 heteroatoms. The van der Waals surface area contributed by atoms with Crippen LogP contribution in [0.5, 0.6) is 0 Å². The summed E-state index contributed by atoms with van der Waals surface area (Å²) in [6, 6.07) is 18.2. The minimum Gasteiger partial charge on any atom is -0.317 e. The molecule has 2 heterocycles. The second-order valence-electron chi connectivity index (χ2n) is 7.16. The van der Waals surface area contributed by atoms with Crippen molar-refractivity contribution in [1.82, 2.24) is 14.3 Å². The molecule has 0 N–H and O–H groups in total. The van der Waals surface area contributed by atoms with E-state index < -0.39 is 0 Å². The topological polar surface area (TPSA) is 74.3 Å². The van der Waals surface area contributed by atoms with E-state index >= 15 is 0 Å². The zero-order valence-electron chi connectivity index (χ0n) is 17.2. The highest BCUT2D eigenvalue weighted by Crippen LogP contribution is 2.29. The highest BCUT2D eigenvalue weighted by molar-refractivity contribution is 7.80. The van der Waals surface area contributed by atoms with Gasteiger partial charge in [0.25, 0.3) is 11.5 Å². The first-order valence-electron chi connectivity index (χ1n) is 9.53. The average Bonchev–Trinajstić information content (AvgIpc) is 3.12. The zero-order chi connectivity index (χ0) is 22.3. The van der Waals surface area contributed by atoms with E-state index in [1.807, 2.05) is 30.3 Å². The van der Waals surface area contributed by atoms with E-state index in [1.165, 1.54) is 9.58 Å². The molecule has 0 radical (unpaired) electrons. The second-order valence-corrected chi connectivity index (χ2v) is 7.52. The summed E-state index contributed by atoms with van der Waals surface area (Å²) in [5.41, 5.74) is 2.87. The summed E-state index contributed by atoms with van der Waals surface area (Å²) in [5, 5.41) is 9.20. The molecule has 3 aromatic rings. The van der Waals surface area contributed by atoms with Crippen LogP contribution in [0.3, 0.4) is 0 Å². The van der Waals surface area contributed by atoms with Crippen molar-refractivity contribution in [3.8, 4) is 11.8 Å². The van der Waals surface area contributed by atoms with Gasteiger partial charge in [-0.25, -0.2) is 9.58 Å². The van der Waals surface area contributed by atoms with Gasteiger partial charge < -0.3 is 4.90 Å². The Morgan fingerprint density at radius 2 is 1.65 bits per heavy atom. The quantitative estimate of drug-likeness (QED) is 0.473. The molecule has 7 nitrogen and oxygen atoms in total. The van der Waals surface area contributed by atoms with Crippen LogP contribution in [-0.2, 0) is 11.8 Å². The van der Waals surface area contributed by atoms with Crippen molar-refractivity contribution in [3.63, 3.8) is 0 Å². The molecule has 0 unspecified atom stereocenters. The summed E-state index contributed by atoms with van der Waals surface area (Å²) >= 11 is 5.53. The van der Waals surface area contributed by atoms with Gasteiger partial charge in [-0.15, -0.1) is 0 Å². The molecule has 0 bridgehead atoms. The molecular weight excluding hydrogens is 410 g/mol. The van der Waals surface area contributed by atoms with Crippen molar-refractivity contribution in [2.45, 2.75) is 6.92 Å². The first kappa shape index (κ1) is 20.3. The van der Waals surface area contributed by atoms with Crippen molar-refractivity contribution in [1.29, 1.82) is 5.26 Å². The maximum atomic E-state index is 13.4. The molecule has 1 aliphatic heterocycles. The van der Waals surface area contributed by atoms with Crippen LogP contribution in [0.1, 0.15) is 16.8 Å². The summed E-state index contributed by atoms with van der Waals surface area (Å²) < 4.78 is 3.23. The normalized spacial score (nSPS) is 15.1. The standard InChI is InChI=1S/C23H19N5O2S/c1-15-20(22(30)28(26(15)3)18-7-5-4-6-8-18)27-21(29)19(25(2)23(27)31)13-16-9-11-17(14-24)12-10-16/h4-13H,1-3H3/b19-13-. The Hall–Kier alpha value is -3.96. The first-order chi connectivity index (χ1) is 14.8. The second kappa shape index (κ2) is 7.70. The number of hydrogen-bond donors (Lipinski definition) is 0. The molecule has 1 fully saturated rings. The van der Waals surface area contributed by atoms with Gasteiger partial charge in [0.15, 0.2) is 5.11 Å². The number of likely N-dealkylation sites (N-methyl/N-ethyl adjacent to an activating group) is 1. The highest BCUT2D eigenvalue weighted by atomic mass is 32.1. The van der Waals surface area contributed by atoms with Gasteiger partial charge in [-0.1, -0.05) is 30.3 Å². The lowest BCUT2D eigenvalue weighted by molar-refractivity contribution is -0.114. The Morgan fingerprint density at radius 1 is 1.00 bits per heavy atom. The van der Waals surface area contributed by atoms with E-state index in [2.05, 4.69) is 6.07 Å². The molecule has 0 spiro atoms. The molecule has 154 valence electrons. The van der Waals surface area contributed by atoms with Gasteiger partial charge in [-0.2, -0.15) is 5.26 Å². The fourth-order valence-electron chi connectivity index (χ4n) is 3.58. The van der Waals surface area contributed by atoms with E-state index in [0.717, 1.165) is 5.56 Å². The molecule has 0 atom stereocenters. The van der Waals surface area contributed by atoms with E-state index in [9.17, 15) is 9.59 Å². The number of hydrogen-bond acceptors (Lipinski definition) is 4. The Labute approximate surface area is 184 Å². The van der Waals surface area contributed by atoms with E-state index in [-0.39, 0.29) is 22.3 Å². The average molecular weight is 430 g/mol. The summed E-state index contributed by atoms with van der Waals surface area (Å²) in [6.07, 6.45) is 1.70. The maximum absolute atomic E-state index is 13.4. The number of carbonyl (C=O) groups is 1. The fourth-order valence-corrected chi connectivity index (χ4v) is 3.85. The number of anilines is 1. The third kappa shape index (κ3) is 3.25. The van der Waals surface area contributed by atoms with Crippen LogP contribution in [0.25, 0.3) is 11.8 Å². The van der Waals surface area contributed by atoms with Crippen LogP contribution in [0.4, 0.5) is 5.69 Å². The van der Waals surface area contributed by atoms with Crippen molar-refractivity contribution < 1.29 is 4.79 Å². The number of benzene rings is 2. The van der Waals surface area contributed by atoms with Gasteiger partial charge in [-0.3, -0.25) is 14.3 Å². The number of nitrogens with zero attached hydrogens (tertiary/aromatic N) is 5. The van der Waals surface area contributed by atoms with E-state index in [0.29, 0.717) is 22.6 Å². The van der Waals surface area contributed by atoms with E-state index in [4.69, 9.17) is 17.5 Å². The molecule has 2 aromatic carbocycles. The zero-order valence-corrected chi connectivity index (χ0v) is 18.1. The predicted octanol–water partition coefficient (Wildman–Crippen LogP) is 2.96. The van der Waals surface area contributed by atoms with Gasteiger partial charge >= 0.3 is 0 Å². The number of thiocarbonyl (C=S) groups is 1. The smallest absolute Gasteiger partial charge is 0.296 e. The lowest BCUT2D eigenvalue weighted by atomic mass is 10.1. The number of rotatable bonds is 3. The Morgan fingerprint density at radius 3 is 2.26 bits per heavy atom. The third-order valence-corrected chi connectivity index (χ3v) is 5.81. The van der Waals surface area contributed by atoms with Crippen LogP contribution in [0, 0.1) is 18.3 Å². The Balaban J connectivity index is 1.80. The monoisotopic (exact) mass is 429 g/mol. The molecule has 1 aliphatic rings. The molecule has 1 aromatic heterocycles. The minimum absolute atomic E-state index is 0.232. The molecular formula is C23H19N5O2S. The maximum Gasteiger partial charge on any atom is 0.296 e. The van der Waals surface area contributed by atoms with Crippen LogP contribution in [-0.4, -0.2) is 32.3 Å². The van der Waals surface area contributed by atoms with Crippen molar-refractivity contribution in [2.75, 3.05) is 11.9 Å². The highest BCUT2D eigenvalue weighted by Gasteiger charge is 2.40. The molecule has 4 rings (SSSR count). The Kier molecular flexibility index (Phi) is 5.05. The first-order valence-corrected chi connectivity index (χ1v) is 9.94. The van der Waals surface area contributed by atoms with Gasteiger partial charge in [0.05, 0.1) is 23.0 Å². The van der Waals surface area contributed by atoms with Crippen LogP contribution >= 0.6 is 12.2 Å². The van der Waals surface area contributed by atoms with Crippen LogP contribution in [0.15, 0.2) is 65.1 Å². The number of carbonyl (C=O) groups excluding carboxylic acids is 1. The number of amides is 1.